The molecule has 1 aliphatic carbocycles. The maximum Gasteiger partial charge on any atom is 0.119 e. The van der Waals surface area contributed by atoms with E-state index < -0.39 is 0 Å². The van der Waals surface area contributed by atoms with Gasteiger partial charge in [-0.1, -0.05) is 19.1 Å². The predicted molar refractivity (Wildman–Crippen MR) is 71.7 cm³/mol. The molecule has 1 aromatic rings. The van der Waals surface area contributed by atoms with Crippen LogP contribution in [0, 0.1) is 0 Å². The van der Waals surface area contributed by atoms with Gasteiger partial charge in [0.15, 0.2) is 0 Å². The van der Waals surface area contributed by atoms with Gasteiger partial charge in [0.05, 0.1) is 6.61 Å². The minimum atomic E-state index is 0.599. The van der Waals surface area contributed by atoms with E-state index in [0.29, 0.717) is 5.92 Å². The van der Waals surface area contributed by atoms with Crippen LogP contribution in [-0.2, 0) is 0 Å². The third-order valence-electron chi connectivity index (χ3n) is 3.33. The van der Waals surface area contributed by atoms with Gasteiger partial charge in [0.25, 0.3) is 0 Å². The summed E-state index contributed by atoms with van der Waals surface area (Å²) < 4.78 is 5.53. The lowest BCUT2D eigenvalue weighted by molar-refractivity contribution is 0.339. The monoisotopic (exact) mass is 233 g/mol. The highest BCUT2D eigenvalue weighted by atomic mass is 16.5. The van der Waals surface area contributed by atoms with Gasteiger partial charge in [0, 0.05) is 6.04 Å². The molecule has 17 heavy (non-hydrogen) atoms. The molecule has 0 aliphatic heterocycles. The molecule has 0 radical (unpaired) electrons. The molecule has 0 saturated heterocycles. The third kappa shape index (κ3) is 4.04. The quantitative estimate of drug-likeness (QED) is 0.780. The molecule has 0 aromatic heterocycles. The molecule has 1 aliphatic rings. The molecule has 2 heteroatoms. The average molecular weight is 233 g/mol. The lowest BCUT2D eigenvalue weighted by atomic mass is 9.97. The topological polar surface area (TPSA) is 21.3 Å². The van der Waals surface area contributed by atoms with Crippen LogP contribution in [-0.4, -0.2) is 19.2 Å². The molecule has 1 atom stereocenters. The summed E-state index contributed by atoms with van der Waals surface area (Å²) in [6, 6.07) is 9.31. The van der Waals surface area contributed by atoms with Gasteiger partial charge >= 0.3 is 0 Å². The fourth-order valence-electron chi connectivity index (χ4n) is 2.04. The summed E-state index contributed by atoms with van der Waals surface area (Å²) >= 11 is 0. The first kappa shape index (κ1) is 12.4. The van der Waals surface area contributed by atoms with Crippen LogP contribution in [0.3, 0.4) is 0 Å². The highest BCUT2D eigenvalue weighted by molar-refractivity contribution is 5.30. The first-order valence-electron chi connectivity index (χ1n) is 6.75. The number of hydrogen-bond donors (Lipinski definition) is 1. The number of ether oxygens (including phenoxy) is 1. The Morgan fingerprint density at radius 3 is 2.94 bits per heavy atom. The highest BCUT2D eigenvalue weighted by Crippen LogP contribution is 2.24. The Labute approximate surface area is 104 Å². The minimum Gasteiger partial charge on any atom is -0.494 e. The molecule has 94 valence electrons. The molecule has 1 N–H and O–H groups in total. The van der Waals surface area contributed by atoms with Crippen molar-refractivity contribution in [3.8, 4) is 5.75 Å². The standard InChI is InChI=1S/C15H23NO/c1-3-17-15-6-4-5-13(11-15)12(2)9-10-16-14-7-8-14/h4-6,11-12,14,16H,3,7-10H2,1-2H3. The summed E-state index contributed by atoms with van der Waals surface area (Å²) in [5, 5.41) is 3.57. The van der Waals surface area contributed by atoms with E-state index >= 15 is 0 Å². The van der Waals surface area contributed by atoms with Crippen LogP contribution >= 0.6 is 0 Å². The Balaban J connectivity index is 1.83. The Bertz CT molecular complexity index is 347. The van der Waals surface area contributed by atoms with Gasteiger partial charge in [0.2, 0.25) is 0 Å². The van der Waals surface area contributed by atoms with Crippen LogP contribution in [0.4, 0.5) is 0 Å². The van der Waals surface area contributed by atoms with Crippen LogP contribution in [0.2, 0.25) is 0 Å². The van der Waals surface area contributed by atoms with Crippen LogP contribution in [0.25, 0.3) is 0 Å². The van der Waals surface area contributed by atoms with Crippen molar-refractivity contribution in [1.29, 1.82) is 0 Å². The van der Waals surface area contributed by atoms with E-state index in [1.165, 1.54) is 24.8 Å². The molecule has 2 rings (SSSR count). The Hall–Kier alpha value is -1.02. The van der Waals surface area contributed by atoms with E-state index in [-0.39, 0.29) is 0 Å². The fourth-order valence-corrected chi connectivity index (χ4v) is 2.04. The van der Waals surface area contributed by atoms with Gasteiger partial charge in [-0.05, 0) is 56.3 Å². The van der Waals surface area contributed by atoms with Crippen molar-refractivity contribution < 1.29 is 4.74 Å². The second-order valence-electron chi connectivity index (χ2n) is 4.92. The normalized spacial score (nSPS) is 16.8. The highest BCUT2D eigenvalue weighted by Gasteiger charge is 2.20. The van der Waals surface area contributed by atoms with E-state index in [4.69, 9.17) is 4.74 Å². The lowest BCUT2D eigenvalue weighted by Crippen LogP contribution is -2.18. The van der Waals surface area contributed by atoms with Crippen molar-refractivity contribution >= 4 is 0 Å². The molecular weight excluding hydrogens is 210 g/mol. The zero-order valence-corrected chi connectivity index (χ0v) is 10.9. The summed E-state index contributed by atoms with van der Waals surface area (Å²) in [4.78, 5) is 0. The zero-order valence-electron chi connectivity index (χ0n) is 10.9. The second-order valence-corrected chi connectivity index (χ2v) is 4.92. The van der Waals surface area contributed by atoms with Crippen molar-refractivity contribution in [2.75, 3.05) is 13.2 Å². The number of rotatable bonds is 7. The molecular formula is C15H23NO. The first-order chi connectivity index (χ1) is 8.29. The number of hydrogen-bond acceptors (Lipinski definition) is 2. The van der Waals surface area contributed by atoms with Gasteiger partial charge in [-0.25, -0.2) is 0 Å². The van der Waals surface area contributed by atoms with Crippen molar-refractivity contribution in [1.82, 2.24) is 5.32 Å². The summed E-state index contributed by atoms with van der Waals surface area (Å²) in [5.74, 6) is 1.59. The van der Waals surface area contributed by atoms with E-state index in [0.717, 1.165) is 24.9 Å². The average Bonchev–Trinajstić information content (AvgIpc) is 3.14. The summed E-state index contributed by atoms with van der Waals surface area (Å²) in [6.07, 6.45) is 3.94. The molecule has 0 bridgehead atoms. The molecule has 2 nitrogen and oxygen atoms in total. The van der Waals surface area contributed by atoms with Crippen LogP contribution < -0.4 is 10.1 Å². The lowest BCUT2D eigenvalue weighted by Gasteiger charge is -2.13. The van der Waals surface area contributed by atoms with Crippen molar-refractivity contribution in [2.45, 2.75) is 45.1 Å². The smallest absolute Gasteiger partial charge is 0.119 e. The summed E-state index contributed by atoms with van der Waals surface area (Å²) in [5.41, 5.74) is 1.38. The second kappa shape index (κ2) is 6.06. The fraction of sp³-hybridized carbons (Fsp3) is 0.600. The molecule has 0 heterocycles. The zero-order chi connectivity index (χ0) is 12.1. The van der Waals surface area contributed by atoms with Gasteiger partial charge in [-0.2, -0.15) is 0 Å². The predicted octanol–water partition coefficient (Wildman–Crippen LogP) is 3.33. The van der Waals surface area contributed by atoms with Crippen LogP contribution in [0.1, 0.15) is 44.6 Å². The third-order valence-corrected chi connectivity index (χ3v) is 3.33. The van der Waals surface area contributed by atoms with E-state index in [1.807, 2.05) is 13.0 Å². The Morgan fingerprint density at radius 2 is 2.24 bits per heavy atom. The largest absolute Gasteiger partial charge is 0.494 e. The SMILES string of the molecule is CCOc1cccc(C(C)CCNC2CC2)c1. The van der Waals surface area contributed by atoms with Crippen molar-refractivity contribution in [3.05, 3.63) is 29.8 Å². The van der Waals surface area contributed by atoms with E-state index in [2.05, 4.69) is 30.4 Å². The molecule has 1 saturated carbocycles. The maximum absolute atomic E-state index is 5.53. The Kier molecular flexibility index (Phi) is 4.43. The first-order valence-corrected chi connectivity index (χ1v) is 6.75. The van der Waals surface area contributed by atoms with Gasteiger partial charge < -0.3 is 10.1 Å². The number of nitrogens with one attached hydrogen (secondary N) is 1. The van der Waals surface area contributed by atoms with Crippen LogP contribution in [0.15, 0.2) is 24.3 Å². The van der Waals surface area contributed by atoms with E-state index in [1.54, 1.807) is 0 Å². The minimum absolute atomic E-state index is 0.599. The summed E-state index contributed by atoms with van der Waals surface area (Å²) in [7, 11) is 0. The molecule has 1 unspecified atom stereocenters. The number of benzene rings is 1. The maximum atomic E-state index is 5.53. The van der Waals surface area contributed by atoms with Gasteiger partial charge in [-0.15, -0.1) is 0 Å². The molecule has 1 aromatic carbocycles. The summed E-state index contributed by atoms with van der Waals surface area (Å²) in [6.45, 7) is 6.18. The van der Waals surface area contributed by atoms with Crippen LogP contribution in [0.5, 0.6) is 5.75 Å². The molecule has 1 fully saturated rings. The van der Waals surface area contributed by atoms with Gasteiger partial charge in [-0.3, -0.25) is 0 Å². The van der Waals surface area contributed by atoms with Crippen molar-refractivity contribution in [3.63, 3.8) is 0 Å². The molecule has 0 spiro atoms. The Morgan fingerprint density at radius 1 is 1.41 bits per heavy atom. The van der Waals surface area contributed by atoms with Gasteiger partial charge in [0.1, 0.15) is 5.75 Å². The molecule has 0 amide bonds. The van der Waals surface area contributed by atoms with E-state index in [9.17, 15) is 0 Å². The van der Waals surface area contributed by atoms with Crippen molar-refractivity contribution in [2.24, 2.45) is 0 Å².